The number of halogens is 1. The van der Waals surface area contributed by atoms with Crippen LogP contribution in [0.5, 0.6) is 0 Å². The summed E-state index contributed by atoms with van der Waals surface area (Å²) < 4.78 is 13.4. The first-order valence-corrected chi connectivity index (χ1v) is 4.41. The lowest BCUT2D eigenvalue weighted by Gasteiger charge is -2.20. The molecule has 1 atom stereocenters. The number of aliphatic hydroxyl groups is 1. The van der Waals surface area contributed by atoms with E-state index >= 15 is 0 Å². The molecular weight excluding hydrogens is 183 g/mol. The van der Waals surface area contributed by atoms with Crippen LogP contribution in [-0.4, -0.2) is 25.7 Å². The summed E-state index contributed by atoms with van der Waals surface area (Å²) in [5.41, 5.74) is 6.25. The van der Waals surface area contributed by atoms with E-state index in [-0.39, 0.29) is 12.4 Å². The minimum absolute atomic E-state index is 0.0876. The molecule has 0 saturated carbocycles. The van der Waals surface area contributed by atoms with Crippen LogP contribution < -0.4 is 10.6 Å². The van der Waals surface area contributed by atoms with Crippen molar-refractivity contribution >= 4 is 5.69 Å². The van der Waals surface area contributed by atoms with E-state index in [9.17, 15) is 9.50 Å². The maximum Gasteiger partial charge on any atom is 0.146 e. The van der Waals surface area contributed by atoms with E-state index in [1.54, 1.807) is 31.1 Å². The molecular formula is C10H15FN2O. The van der Waals surface area contributed by atoms with Crippen LogP contribution in [-0.2, 0) is 0 Å². The molecule has 1 unspecified atom stereocenters. The minimum atomic E-state index is -0.817. The zero-order valence-electron chi connectivity index (χ0n) is 8.37. The molecule has 0 radical (unpaired) electrons. The van der Waals surface area contributed by atoms with Crippen LogP contribution in [0.1, 0.15) is 11.7 Å². The van der Waals surface area contributed by atoms with Crippen molar-refractivity contribution in [2.75, 3.05) is 25.5 Å². The Morgan fingerprint density at radius 2 is 2.14 bits per heavy atom. The van der Waals surface area contributed by atoms with Crippen molar-refractivity contribution in [2.24, 2.45) is 5.73 Å². The Morgan fingerprint density at radius 3 is 2.64 bits per heavy atom. The van der Waals surface area contributed by atoms with E-state index in [2.05, 4.69) is 0 Å². The topological polar surface area (TPSA) is 49.5 Å². The molecule has 78 valence electrons. The van der Waals surface area contributed by atoms with Crippen LogP contribution in [0.4, 0.5) is 10.1 Å². The van der Waals surface area contributed by atoms with Crippen molar-refractivity contribution in [3.63, 3.8) is 0 Å². The number of aliphatic hydroxyl groups excluding tert-OH is 1. The van der Waals surface area contributed by atoms with E-state index < -0.39 is 6.10 Å². The Kier molecular flexibility index (Phi) is 3.43. The number of rotatable bonds is 3. The number of hydrogen-bond donors (Lipinski definition) is 2. The largest absolute Gasteiger partial charge is 0.387 e. The van der Waals surface area contributed by atoms with Gasteiger partial charge in [-0.25, -0.2) is 4.39 Å². The summed E-state index contributed by atoms with van der Waals surface area (Å²) >= 11 is 0. The molecule has 0 aliphatic heterocycles. The Balaban J connectivity index is 3.21. The van der Waals surface area contributed by atoms with Gasteiger partial charge in [-0.2, -0.15) is 0 Å². The minimum Gasteiger partial charge on any atom is -0.387 e. The summed E-state index contributed by atoms with van der Waals surface area (Å²) in [6.07, 6.45) is -0.817. The van der Waals surface area contributed by atoms with E-state index in [0.717, 1.165) is 0 Å². The first kappa shape index (κ1) is 10.9. The van der Waals surface area contributed by atoms with E-state index in [0.29, 0.717) is 11.3 Å². The molecule has 0 saturated heterocycles. The Labute approximate surface area is 83.0 Å². The smallest absolute Gasteiger partial charge is 0.146 e. The second kappa shape index (κ2) is 4.39. The van der Waals surface area contributed by atoms with Gasteiger partial charge >= 0.3 is 0 Å². The first-order chi connectivity index (χ1) is 6.57. The summed E-state index contributed by atoms with van der Waals surface area (Å²) in [6.45, 7) is 0.0876. The lowest BCUT2D eigenvalue weighted by molar-refractivity contribution is 0.187. The highest BCUT2D eigenvalue weighted by molar-refractivity contribution is 5.54. The summed E-state index contributed by atoms with van der Waals surface area (Å²) in [4.78, 5) is 1.63. The van der Waals surface area contributed by atoms with Crippen molar-refractivity contribution in [3.8, 4) is 0 Å². The second-order valence-corrected chi connectivity index (χ2v) is 3.32. The van der Waals surface area contributed by atoms with Crippen LogP contribution >= 0.6 is 0 Å². The highest BCUT2D eigenvalue weighted by Crippen LogP contribution is 2.27. The van der Waals surface area contributed by atoms with Gasteiger partial charge in [0.1, 0.15) is 5.82 Å². The van der Waals surface area contributed by atoms with Crippen LogP contribution in [0.2, 0.25) is 0 Å². The van der Waals surface area contributed by atoms with Gasteiger partial charge in [0.2, 0.25) is 0 Å². The van der Waals surface area contributed by atoms with Crippen molar-refractivity contribution in [1.82, 2.24) is 0 Å². The maximum absolute atomic E-state index is 13.4. The predicted octanol–water partition coefficient (Wildman–Crippen LogP) is 0.884. The van der Waals surface area contributed by atoms with Crippen molar-refractivity contribution < 1.29 is 9.50 Å². The van der Waals surface area contributed by atoms with E-state index in [1.807, 2.05) is 0 Å². The Hall–Kier alpha value is -1.13. The van der Waals surface area contributed by atoms with Crippen molar-refractivity contribution in [1.29, 1.82) is 0 Å². The molecule has 3 N–H and O–H groups in total. The highest BCUT2D eigenvalue weighted by atomic mass is 19.1. The fraction of sp³-hybridized carbons (Fsp3) is 0.400. The molecule has 0 heterocycles. The summed E-state index contributed by atoms with van der Waals surface area (Å²) in [6, 6.07) is 4.61. The number of hydrogen-bond acceptors (Lipinski definition) is 3. The van der Waals surface area contributed by atoms with E-state index in [4.69, 9.17) is 5.73 Å². The van der Waals surface area contributed by atoms with Gasteiger partial charge < -0.3 is 15.7 Å². The summed E-state index contributed by atoms with van der Waals surface area (Å²) in [5.74, 6) is -0.347. The van der Waals surface area contributed by atoms with Gasteiger partial charge in [-0.3, -0.25) is 0 Å². The monoisotopic (exact) mass is 198 g/mol. The Bertz CT molecular complexity index is 315. The zero-order valence-corrected chi connectivity index (χ0v) is 8.37. The quantitative estimate of drug-likeness (QED) is 0.758. The SMILES string of the molecule is CN(C)c1c(F)cccc1C(O)CN. The van der Waals surface area contributed by atoms with Gasteiger partial charge in [-0.05, 0) is 6.07 Å². The molecule has 14 heavy (non-hydrogen) atoms. The van der Waals surface area contributed by atoms with Gasteiger partial charge in [0.15, 0.2) is 0 Å². The molecule has 1 aromatic rings. The van der Waals surface area contributed by atoms with Gasteiger partial charge in [-0.1, -0.05) is 12.1 Å². The summed E-state index contributed by atoms with van der Waals surface area (Å²) in [5, 5.41) is 9.57. The molecule has 0 aromatic heterocycles. The summed E-state index contributed by atoms with van der Waals surface area (Å²) in [7, 11) is 3.45. The van der Waals surface area contributed by atoms with Crippen molar-refractivity contribution in [3.05, 3.63) is 29.6 Å². The molecule has 0 fully saturated rings. The maximum atomic E-state index is 13.4. The molecule has 0 amide bonds. The average Bonchev–Trinajstić information content (AvgIpc) is 2.15. The van der Waals surface area contributed by atoms with Gasteiger partial charge in [0.05, 0.1) is 11.8 Å². The predicted molar refractivity (Wildman–Crippen MR) is 54.7 cm³/mol. The number of benzene rings is 1. The molecule has 1 rings (SSSR count). The van der Waals surface area contributed by atoms with Crippen LogP contribution in [0.3, 0.4) is 0 Å². The molecule has 1 aromatic carbocycles. The molecule has 0 bridgehead atoms. The fourth-order valence-corrected chi connectivity index (χ4v) is 1.40. The van der Waals surface area contributed by atoms with Crippen LogP contribution in [0, 0.1) is 5.82 Å². The third kappa shape index (κ3) is 2.02. The third-order valence-corrected chi connectivity index (χ3v) is 2.05. The highest BCUT2D eigenvalue weighted by Gasteiger charge is 2.15. The lowest BCUT2D eigenvalue weighted by Crippen LogP contribution is -2.18. The normalized spacial score (nSPS) is 12.6. The average molecular weight is 198 g/mol. The van der Waals surface area contributed by atoms with Gasteiger partial charge in [0, 0.05) is 26.2 Å². The molecule has 0 aliphatic rings. The van der Waals surface area contributed by atoms with Crippen LogP contribution in [0.25, 0.3) is 0 Å². The molecule has 0 aliphatic carbocycles. The second-order valence-electron chi connectivity index (χ2n) is 3.32. The number of para-hydroxylation sites is 1. The van der Waals surface area contributed by atoms with Gasteiger partial charge in [0.25, 0.3) is 0 Å². The first-order valence-electron chi connectivity index (χ1n) is 4.41. The lowest BCUT2D eigenvalue weighted by atomic mass is 10.1. The molecule has 3 nitrogen and oxygen atoms in total. The standard InChI is InChI=1S/C10H15FN2O/c1-13(2)10-7(9(14)6-12)4-3-5-8(10)11/h3-5,9,14H,6,12H2,1-2H3. The fourth-order valence-electron chi connectivity index (χ4n) is 1.40. The molecule has 4 heteroatoms. The Morgan fingerprint density at radius 1 is 1.50 bits per heavy atom. The van der Waals surface area contributed by atoms with Crippen molar-refractivity contribution in [2.45, 2.75) is 6.10 Å². The number of nitrogens with zero attached hydrogens (tertiary/aromatic N) is 1. The zero-order chi connectivity index (χ0) is 10.7. The number of nitrogens with two attached hydrogens (primary N) is 1. The van der Waals surface area contributed by atoms with E-state index in [1.165, 1.54) is 6.07 Å². The molecule has 0 spiro atoms. The number of anilines is 1. The third-order valence-electron chi connectivity index (χ3n) is 2.05. The van der Waals surface area contributed by atoms with Gasteiger partial charge in [-0.15, -0.1) is 0 Å². The van der Waals surface area contributed by atoms with Crippen LogP contribution in [0.15, 0.2) is 18.2 Å².